The van der Waals surface area contributed by atoms with Crippen LogP contribution in [0.25, 0.3) is 0 Å². The minimum Gasteiger partial charge on any atom is -0.444 e. The van der Waals surface area contributed by atoms with Crippen molar-refractivity contribution in [3.05, 3.63) is 28.5 Å². The Morgan fingerprint density at radius 3 is 2.56 bits per heavy atom. The number of rotatable bonds is 2. The molecule has 0 fully saturated rings. The average molecular weight is 315 g/mol. The molecule has 0 saturated heterocycles. The van der Waals surface area contributed by atoms with Crippen LogP contribution in [-0.2, 0) is 4.74 Å². The Morgan fingerprint density at radius 2 is 2.06 bits per heavy atom. The third-order valence-electron chi connectivity index (χ3n) is 2.43. The SMILES string of the molecule is CC(c1cccc(Br)n1)N(C)C(=O)OC(C)(C)C. The lowest BCUT2D eigenvalue weighted by Crippen LogP contribution is -2.36. The second-order valence-electron chi connectivity index (χ2n) is 5.15. The second kappa shape index (κ2) is 5.69. The van der Waals surface area contributed by atoms with Crippen LogP contribution >= 0.6 is 15.9 Å². The summed E-state index contributed by atoms with van der Waals surface area (Å²) < 4.78 is 6.07. The van der Waals surface area contributed by atoms with Gasteiger partial charge in [0.2, 0.25) is 0 Å². The van der Waals surface area contributed by atoms with Crippen molar-refractivity contribution in [3.63, 3.8) is 0 Å². The van der Waals surface area contributed by atoms with E-state index in [4.69, 9.17) is 4.74 Å². The molecule has 1 atom stereocenters. The van der Waals surface area contributed by atoms with E-state index in [0.717, 1.165) is 10.3 Å². The van der Waals surface area contributed by atoms with E-state index in [1.165, 1.54) is 0 Å². The van der Waals surface area contributed by atoms with Crippen molar-refractivity contribution in [2.24, 2.45) is 0 Å². The highest BCUT2D eigenvalue weighted by molar-refractivity contribution is 9.10. The van der Waals surface area contributed by atoms with E-state index >= 15 is 0 Å². The van der Waals surface area contributed by atoms with Gasteiger partial charge < -0.3 is 9.64 Å². The number of halogens is 1. The van der Waals surface area contributed by atoms with Gasteiger partial charge in [-0.1, -0.05) is 6.07 Å². The molecule has 1 aromatic rings. The third-order valence-corrected chi connectivity index (χ3v) is 2.87. The van der Waals surface area contributed by atoms with Crippen molar-refractivity contribution >= 4 is 22.0 Å². The van der Waals surface area contributed by atoms with E-state index in [1.54, 1.807) is 11.9 Å². The zero-order chi connectivity index (χ0) is 13.9. The normalized spacial score (nSPS) is 13.0. The molecule has 0 N–H and O–H groups in total. The fourth-order valence-corrected chi connectivity index (χ4v) is 1.70. The van der Waals surface area contributed by atoms with Crippen molar-refractivity contribution in [3.8, 4) is 0 Å². The number of pyridine rings is 1. The maximum Gasteiger partial charge on any atom is 0.410 e. The van der Waals surface area contributed by atoms with Crippen LogP contribution in [0.3, 0.4) is 0 Å². The summed E-state index contributed by atoms with van der Waals surface area (Å²) in [6, 6.07) is 5.49. The summed E-state index contributed by atoms with van der Waals surface area (Å²) in [6.07, 6.45) is -0.350. The van der Waals surface area contributed by atoms with E-state index in [-0.39, 0.29) is 12.1 Å². The lowest BCUT2D eigenvalue weighted by atomic mass is 10.2. The summed E-state index contributed by atoms with van der Waals surface area (Å²) in [7, 11) is 1.71. The molecule has 0 radical (unpaired) electrons. The summed E-state index contributed by atoms with van der Waals surface area (Å²) in [4.78, 5) is 17.8. The highest BCUT2D eigenvalue weighted by atomic mass is 79.9. The summed E-state index contributed by atoms with van der Waals surface area (Å²) in [6.45, 7) is 7.46. The molecule has 0 aliphatic heterocycles. The second-order valence-corrected chi connectivity index (χ2v) is 5.96. The summed E-state index contributed by atoms with van der Waals surface area (Å²) in [5.41, 5.74) is 0.327. The van der Waals surface area contributed by atoms with Gasteiger partial charge in [-0.25, -0.2) is 9.78 Å². The van der Waals surface area contributed by atoms with E-state index in [0.29, 0.717) is 0 Å². The first kappa shape index (κ1) is 15.0. The number of amides is 1. The Labute approximate surface area is 116 Å². The van der Waals surface area contributed by atoms with Gasteiger partial charge in [-0.05, 0) is 55.8 Å². The molecule has 1 amide bonds. The first-order chi connectivity index (χ1) is 8.20. The van der Waals surface area contributed by atoms with E-state index in [9.17, 15) is 4.79 Å². The molecule has 1 rings (SSSR count). The Morgan fingerprint density at radius 1 is 1.44 bits per heavy atom. The number of ether oxygens (including phenoxy) is 1. The van der Waals surface area contributed by atoms with Crippen molar-refractivity contribution < 1.29 is 9.53 Å². The number of nitrogens with zero attached hydrogens (tertiary/aromatic N) is 2. The van der Waals surface area contributed by atoms with Gasteiger partial charge in [0.05, 0.1) is 11.7 Å². The summed E-state index contributed by atoms with van der Waals surface area (Å²) >= 11 is 3.32. The molecule has 4 nitrogen and oxygen atoms in total. The van der Waals surface area contributed by atoms with Crippen LogP contribution in [0.2, 0.25) is 0 Å². The smallest absolute Gasteiger partial charge is 0.410 e. The molecule has 0 spiro atoms. The van der Waals surface area contributed by atoms with Crippen LogP contribution in [-0.4, -0.2) is 28.6 Å². The third kappa shape index (κ3) is 4.29. The minimum atomic E-state index is -0.490. The molecule has 0 aliphatic rings. The fourth-order valence-electron chi connectivity index (χ4n) is 1.35. The largest absolute Gasteiger partial charge is 0.444 e. The predicted molar refractivity (Wildman–Crippen MR) is 74.3 cm³/mol. The van der Waals surface area contributed by atoms with Crippen molar-refractivity contribution in [2.75, 3.05) is 7.05 Å². The Hall–Kier alpha value is -1.10. The number of carbonyl (C=O) groups is 1. The van der Waals surface area contributed by atoms with Gasteiger partial charge >= 0.3 is 6.09 Å². The van der Waals surface area contributed by atoms with Crippen LogP contribution in [0.5, 0.6) is 0 Å². The zero-order valence-corrected chi connectivity index (χ0v) is 13.0. The van der Waals surface area contributed by atoms with Crippen LogP contribution in [0.15, 0.2) is 22.8 Å². The van der Waals surface area contributed by atoms with Crippen LogP contribution in [0.1, 0.15) is 39.4 Å². The highest BCUT2D eigenvalue weighted by Gasteiger charge is 2.24. The lowest BCUT2D eigenvalue weighted by Gasteiger charge is -2.28. The molecule has 0 aliphatic carbocycles. The Balaban J connectivity index is 2.78. The quantitative estimate of drug-likeness (QED) is 0.780. The average Bonchev–Trinajstić information content (AvgIpc) is 2.24. The molecule has 5 heteroatoms. The van der Waals surface area contributed by atoms with E-state index < -0.39 is 5.60 Å². The maximum absolute atomic E-state index is 11.9. The van der Waals surface area contributed by atoms with E-state index in [2.05, 4.69) is 20.9 Å². The minimum absolute atomic E-state index is 0.141. The van der Waals surface area contributed by atoms with Gasteiger partial charge in [0, 0.05) is 7.05 Å². The van der Waals surface area contributed by atoms with Crippen LogP contribution in [0.4, 0.5) is 4.79 Å². The van der Waals surface area contributed by atoms with Crippen molar-refractivity contribution in [2.45, 2.75) is 39.3 Å². The summed E-state index contributed by atoms with van der Waals surface area (Å²) in [5.74, 6) is 0. The van der Waals surface area contributed by atoms with Gasteiger partial charge in [-0.3, -0.25) is 0 Å². The first-order valence-electron chi connectivity index (χ1n) is 5.79. The van der Waals surface area contributed by atoms with Gasteiger partial charge in [-0.15, -0.1) is 0 Å². The predicted octanol–water partition coefficient (Wildman–Crippen LogP) is 3.77. The molecule has 0 aromatic carbocycles. The van der Waals surface area contributed by atoms with E-state index in [1.807, 2.05) is 45.9 Å². The first-order valence-corrected chi connectivity index (χ1v) is 6.58. The number of hydrogen-bond donors (Lipinski definition) is 0. The zero-order valence-electron chi connectivity index (χ0n) is 11.4. The number of aromatic nitrogens is 1. The topological polar surface area (TPSA) is 42.4 Å². The number of carbonyl (C=O) groups excluding carboxylic acids is 1. The Bertz CT molecular complexity index is 429. The molecular weight excluding hydrogens is 296 g/mol. The lowest BCUT2D eigenvalue weighted by molar-refractivity contribution is 0.0230. The maximum atomic E-state index is 11.9. The molecule has 0 saturated carbocycles. The van der Waals surface area contributed by atoms with Gasteiger partial charge in [0.15, 0.2) is 0 Å². The van der Waals surface area contributed by atoms with Crippen molar-refractivity contribution in [1.29, 1.82) is 0 Å². The van der Waals surface area contributed by atoms with Gasteiger partial charge in [0.1, 0.15) is 10.2 Å². The molecule has 1 heterocycles. The molecule has 18 heavy (non-hydrogen) atoms. The van der Waals surface area contributed by atoms with Gasteiger partial charge in [-0.2, -0.15) is 0 Å². The van der Waals surface area contributed by atoms with Crippen LogP contribution in [0, 0.1) is 0 Å². The van der Waals surface area contributed by atoms with Crippen molar-refractivity contribution in [1.82, 2.24) is 9.88 Å². The molecule has 1 aromatic heterocycles. The summed E-state index contributed by atoms with van der Waals surface area (Å²) in [5, 5.41) is 0. The molecule has 100 valence electrons. The Kier molecular flexibility index (Phi) is 4.73. The van der Waals surface area contributed by atoms with Crippen LogP contribution < -0.4 is 0 Å². The highest BCUT2D eigenvalue weighted by Crippen LogP contribution is 2.20. The standard InChI is InChI=1S/C13H19BrN2O2/c1-9(10-7-6-8-11(14)15-10)16(5)12(17)18-13(2,3)4/h6-9H,1-5H3. The number of hydrogen-bond acceptors (Lipinski definition) is 3. The van der Waals surface area contributed by atoms with Gasteiger partial charge in [0.25, 0.3) is 0 Å². The monoisotopic (exact) mass is 314 g/mol. The fraction of sp³-hybridized carbons (Fsp3) is 0.538. The molecule has 0 bridgehead atoms. The molecular formula is C13H19BrN2O2. The molecule has 1 unspecified atom stereocenters.